The Labute approximate surface area is 150 Å². The molecule has 2 aromatic carbocycles. The van der Waals surface area contributed by atoms with E-state index in [1.807, 2.05) is 6.07 Å². The van der Waals surface area contributed by atoms with Gasteiger partial charge in [-0.05, 0) is 30.7 Å². The zero-order chi connectivity index (χ0) is 19.1. The smallest absolute Gasteiger partial charge is 0.310 e. The maximum Gasteiger partial charge on any atom is 0.310 e. The van der Waals surface area contributed by atoms with Crippen LogP contribution in [0.4, 0.5) is 11.4 Å². The fourth-order valence-electron chi connectivity index (χ4n) is 2.33. The van der Waals surface area contributed by atoms with E-state index in [2.05, 4.69) is 10.6 Å². The summed E-state index contributed by atoms with van der Waals surface area (Å²) in [7, 11) is 0. The molecule has 2 aromatic rings. The lowest BCUT2D eigenvalue weighted by Crippen LogP contribution is -2.31. The van der Waals surface area contributed by atoms with Gasteiger partial charge in [-0.1, -0.05) is 24.3 Å². The van der Waals surface area contributed by atoms with Gasteiger partial charge in [-0.25, -0.2) is 0 Å². The van der Waals surface area contributed by atoms with Gasteiger partial charge in [0.05, 0.1) is 11.0 Å². The second kappa shape index (κ2) is 8.61. The third kappa shape index (κ3) is 5.30. The lowest BCUT2D eigenvalue weighted by Gasteiger charge is -2.16. The number of amides is 2. The normalized spacial score (nSPS) is 11.3. The van der Waals surface area contributed by atoms with E-state index in [1.54, 1.807) is 31.2 Å². The molecule has 0 saturated heterocycles. The molecule has 0 aromatic heterocycles. The van der Waals surface area contributed by atoms with Gasteiger partial charge in [0.25, 0.3) is 5.91 Å². The molecule has 0 fully saturated rings. The number of hydrogen-bond donors (Lipinski definition) is 2. The highest BCUT2D eigenvalue weighted by Crippen LogP contribution is 2.25. The van der Waals surface area contributed by atoms with Gasteiger partial charge < -0.3 is 15.4 Å². The van der Waals surface area contributed by atoms with E-state index in [1.165, 1.54) is 25.1 Å². The van der Waals surface area contributed by atoms with Crippen LogP contribution in [0.5, 0.6) is 5.75 Å². The Bertz CT molecular complexity index is 822. The molecule has 0 aliphatic carbocycles. The second-order valence-corrected chi connectivity index (χ2v) is 5.61. The number of nitrogens with zero attached hydrogens (tertiary/aromatic N) is 1. The molecule has 8 nitrogen and oxygen atoms in total. The fraction of sp³-hybridized carbons (Fsp3) is 0.222. The number of carbonyl (C=O) groups excluding carboxylic acids is 2. The highest BCUT2D eigenvalue weighted by molar-refractivity contribution is 5.88. The summed E-state index contributed by atoms with van der Waals surface area (Å²) in [5.74, 6) is -0.565. The molecule has 1 unspecified atom stereocenters. The Morgan fingerprint density at radius 3 is 2.62 bits per heavy atom. The van der Waals surface area contributed by atoms with Gasteiger partial charge in [0, 0.05) is 18.7 Å². The number of nitrogens with one attached hydrogen (secondary N) is 2. The first kappa shape index (κ1) is 18.9. The predicted molar refractivity (Wildman–Crippen MR) is 95.9 cm³/mol. The van der Waals surface area contributed by atoms with Crippen molar-refractivity contribution in [1.29, 1.82) is 0 Å². The zero-order valence-electron chi connectivity index (χ0n) is 14.4. The summed E-state index contributed by atoms with van der Waals surface area (Å²) in [4.78, 5) is 33.6. The number of carbonyl (C=O) groups is 2. The minimum Gasteiger partial charge on any atom is -0.477 e. The first-order valence-corrected chi connectivity index (χ1v) is 7.90. The van der Waals surface area contributed by atoms with Gasteiger partial charge >= 0.3 is 5.69 Å². The largest absolute Gasteiger partial charge is 0.477 e. The van der Waals surface area contributed by atoms with Crippen LogP contribution in [0.1, 0.15) is 25.5 Å². The Kier molecular flexibility index (Phi) is 6.26. The number of rotatable bonds is 7. The van der Waals surface area contributed by atoms with Crippen molar-refractivity contribution in [2.75, 3.05) is 11.9 Å². The van der Waals surface area contributed by atoms with Crippen molar-refractivity contribution in [3.05, 3.63) is 64.2 Å². The summed E-state index contributed by atoms with van der Waals surface area (Å²) in [6, 6.07) is 12.6. The average Bonchev–Trinajstić information content (AvgIpc) is 2.59. The number of nitro benzene ring substituents is 1. The molecular weight excluding hydrogens is 338 g/mol. The monoisotopic (exact) mass is 357 g/mol. The van der Waals surface area contributed by atoms with E-state index in [4.69, 9.17) is 4.74 Å². The van der Waals surface area contributed by atoms with Gasteiger partial charge in [0.15, 0.2) is 12.4 Å². The summed E-state index contributed by atoms with van der Waals surface area (Å²) < 4.78 is 5.26. The number of anilines is 1. The molecule has 136 valence electrons. The van der Waals surface area contributed by atoms with E-state index in [-0.39, 0.29) is 30.0 Å². The molecule has 8 heteroatoms. The van der Waals surface area contributed by atoms with Crippen molar-refractivity contribution >= 4 is 23.2 Å². The summed E-state index contributed by atoms with van der Waals surface area (Å²) in [6.45, 7) is 2.86. The highest BCUT2D eigenvalue weighted by Gasteiger charge is 2.16. The molecule has 0 bridgehead atoms. The first-order valence-electron chi connectivity index (χ1n) is 7.90. The number of hydrogen-bond acceptors (Lipinski definition) is 5. The standard InChI is InChI=1S/C18H19N3O5/c1-12(14-6-5-7-15(10-14)20-13(2)22)19-18(23)11-26-17-9-4-3-8-16(17)21(24)25/h3-10,12H,11H2,1-2H3,(H,19,23)(H,20,22). The zero-order valence-corrected chi connectivity index (χ0v) is 14.4. The molecule has 2 rings (SSSR count). The Morgan fingerprint density at radius 1 is 1.19 bits per heavy atom. The second-order valence-electron chi connectivity index (χ2n) is 5.61. The van der Waals surface area contributed by atoms with E-state index in [9.17, 15) is 19.7 Å². The Hall–Kier alpha value is -3.42. The van der Waals surface area contributed by atoms with Gasteiger partial charge in [-0.2, -0.15) is 0 Å². The minimum absolute atomic E-state index is 0.0351. The fourth-order valence-corrected chi connectivity index (χ4v) is 2.33. The Morgan fingerprint density at radius 2 is 1.92 bits per heavy atom. The molecule has 0 saturated carbocycles. The summed E-state index contributed by atoms with van der Waals surface area (Å²) in [5.41, 5.74) is 1.24. The molecule has 26 heavy (non-hydrogen) atoms. The van der Waals surface area contributed by atoms with E-state index < -0.39 is 10.8 Å². The van der Waals surface area contributed by atoms with Gasteiger partial charge in [-0.3, -0.25) is 19.7 Å². The Balaban J connectivity index is 1.96. The summed E-state index contributed by atoms with van der Waals surface area (Å²) in [6.07, 6.45) is 0. The molecule has 2 N–H and O–H groups in total. The van der Waals surface area contributed by atoms with E-state index in [0.717, 1.165) is 5.56 Å². The summed E-state index contributed by atoms with van der Waals surface area (Å²) >= 11 is 0. The van der Waals surface area contributed by atoms with E-state index >= 15 is 0 Å². The van der Waals surface area contributed by atoms with Crippen LogP contribution in [-0.4, -0.2) is 23.3 Å². The van der Waals surface area contributed by atoms with Gasteiger partial charge in [0.2, 0.25) is 5.91 Å². The molecule has 0 heterocycles. The van der Waals surface area contributed by atoms with Crippen molar-refractivity contribution in [3.8, 4) is 5.75 Å². The van der Waals surface area contributed by atoms with Crippen LogP contribution >= 0.6 is 0 Å². The highest BCUT2D eigenvalue weighted by atomic mass is 16.6. The number of para-hydroxylation sites is 2. The van der Waals surface area contributed by atoms with Crippen molar-refractivity contribution in [1.82, 2.24) is 5.32 Å². The SMILES string of the molecule is CC(=O)Nc1cccc(C(C)NC(=O)COc2ccccc2[N+](=O)[O-])c1. The average molecular weight is 357 g/mol. The van der Waals surface area contributed by atoms with Crippen LogP contribution in [0.3, 0.4) is 0 Å². The van der Waals surface area contributed by atoms with E-state index in [0.29, 0.717) is 5.69 Å². The van der Waals surface area contributed by atoms with Crippen molar-refractivity contribution < 1.29 is 19.2 Å². The van der Waals surface area contributed by atoms with Gasteiger partial charge in [0.1, 0.15) is 0 Å². The third-order valence-electron chi connectivity index (χ3n) is 3.51. The van der Waals surface area contributed by atoms with Crippen LogP contribution in [0.25, 0.3) is 0 Å². The maximum absolute atomic E-state index is 12.1. The van der Waals surface area contributed by atoms with Crippen LogP contribution < -0.4 is 15.4 Å². The summed E-state index contributed by atoms with van der Waals surface area (Å²) in [5, 5.41) is 16.4. The van der Waals surface area contributed by atoms with Crippen molar-refractivity contribution in [2.24, 2.45) is 0 Å². The van der Waals surface area contributed by atoms with Crippen molar-refractivity contribution in [3.63, 3.8) is 0 Å². The van der Waals surface area contributed by atoms with Crippen LogP contribution in [0, 0.1) is 10.1 Å². The molecule has 2 amide bonds. The van der Waals surface area contributed by atoms with Crippen LogP contribution in [-0.2, 0) is 9.59 Å². The lowest BCUT2D eigenvalue weighted by atomic mass is 10.1. The third-order valence-corrected chi connectivity index (χ3v) is 3.51. The molecule has 1 atom stereocenters. The molecule has 0 radical (unpaired) electrons. The topological polar surface area (TPSA) is 111 Å². The lowest BCUT2D eigenvalue weighted by molar-refractivity contribution is -0.385. The number of nitro groups is 1. The molecular formula is C18H19N3O5. The number of benzene rings is 2. The first-order chi connectivity index (χ1) is 12.4. The molecule has 0 aliphatic heterocycles. The minimum atomic E-state index is -0.566. The number of ether oxygens (including phenoxy) is 1. The molecule has 0 aliphatic rings. The maximum atomic E-state index is 12.1. The predicted octanol–water partition coefficient (Wildman–Crippen LogP) is 2.81. The quantitative estimate of drug-likeness (QED) is 0.585. The molecule has 0 spiro atoms. The van der Waals surface area contributed by atoms with Crippen LogP contribution in [0.15, 0.2) is 48.5 Å². The van der Waals surface area contributed by atoms with Crippen molar-refractivity contribution in [2.45, 2.75) is 19.9 Å². The van der Waals surface area contributed by atoms with Crippen LogP contribution in [0.2, 0.25) is 0 Å². The van der Waals surface area contributed by atoms with Gasteiger partial charge in [-0.15, -0.1) is 0 Å².